The largest absolute Gasteiger partial charge is 0.368 e. The highest BCUT2D eigenvalue weighted by Gasteiger charge is 2.12. The second-order valence-corrected chi connectivity index (χ2v) is 5.49. The van der Waals surface area contributed by atoms with E-state index in [1.54, 1.807) is 0 Å². The molecule has 0 atom stereocenters. The summed E-state index contributed by atoms with van der Waals surface area (Å²) >= 11 is 1.33. The Balaban J connectivity index is 2.64. The van der Waals surface area contributed by atoms with E-state index in [-0.39, 0.29) is 10.8 Å². The van der Waals surface area contributed by atoms with Crippen molar-refractivity contribution in [3.63, 3.8) is 0 Å². The molecule has 20 heavy (non-hydrogen) atoms. The molecule has 0 aliphatic heterocycles. The Labute approximate surface area is 124 Å². The molecule has 1 heterocycles. The van der Waals surface area contributed by atoms with Crippen molar-refractivity contribution in [2.45, 2.75) is 32.2 Å². The van der Waals surface area contributed by atoms with Gasteiger partial charge in [0.05, 0.1) is 0 Å². The van der Waals surface area contributed by atoms with Crippen molar-refractivity contribution in [2.24, 2.45) is 0 Å². The smallest absolute Gasteiger partial charge is 0.168 e. The van der Waals surface area contributed by atoms with Crippen LogP contribution in [-0.2, 0) is 0 Å². The number of aromatic nitrogens is 1. The van der Waals surface area contributed by atoms with Crippen LogP contribution in [0.5, 0.6) is 0 Å². The van der Waals surface area contributed by atoms with Crippen LogP contribution in [0.3, 0.4) is 0 Å². The second-order valence-electron chi connectivity index (χ2n) is 4.41. The summed E-state index contributed by atoms with van der Waals surface area (Å²) in [6.45, 7) is 9.61. The van der Waals surface area contributed by atoms with E-state index in [0.717, 1.165) is 37.9 Å². The topological polar surface area (TPSA) is 28.2 Å². The standard InChI is InChI=1S/C14H23F2N3S/c1-4-7-17-13-11(15)10-12(16)14(18-13)20-9-8-19(5-2)6-3/h10H,4-9H2,1-3H3,(H,17,18). The number of nitrogens with one attached hydrogen (secondary N) is 1. The lowest BCUT2D eigenvalue weighted by Gasteiger charge is -2.17. The van der Waals surface area contributed by atoms with E-state index in [2.05, 4.69) is 29.0 Å². The number of pyridine rings is 1. The van der Waals surface area contributed by atoms with Crippen molar-refractivity contribution in [1.29, 1.82) is 0 Å². The van der Waals surface area contributed by atoms with Crippen LogP contribution >= 0.6 is 11.8 Å². The summed E-state index contributed by atoms with van der Waals surface area (Å²) in [5, 5.41) is 3.14. The van der Waals surface area contributed by atoms with E-state index in [0.29, 0.717) is 6.54 Å². The average molecular weight is 303 g/mol. The predicted molar refractivity (Wildman–Crippen MR) is 81.4 cm³/mol. The highest BCUT2D eigenvalue weighted by atomic mass is 32.2. The maximum Gasteiger partial charge on any atom is 0.168 e. The van der Waals surface area contributed by atoms with Crippen LogP contribution in [0.1, 0.15) is 27.2 Å². The van der Waals surface area contributed by atoms with Crippen molar-refractivity contribution in [3.8, 4) is 0 Å². The lowest BCUT2D eigenvalue weighted by atomic mass is 10.4. The van der Waals surface area contributed by atoms with E-state index in [1.807, 2.05) is 6.92 Å². The van der Waals surface area contributed by atoms with Gasteiger partial charge in [0.15, 0.2) is 17.5 Å². The minimum absolute atomic E-state index is 0.138. The van der Waals surface area contributed by atoms with E-state index in [1.165, 1.54) is 11.8 Å². The van der Waals surface area contributed by atoms with Gasteiger partial charge in [-0.15, -0.1) is 11.8 Å². The summed E-state index contributed by atoms with van der Waals surface area (Å²) in [7, 11) is 0. The molecule has 0 bridgehead atoms. The first-order valence-corrected chi connectivity index (χ1v) is 8.05. The zero-order chi connectivity index (χ0) is 15.0. The molecule has 3 nitrogen and oxygen atoms in total. The first-order chi connectivity index (χ1) is 9.62. The Bertz CT molecular complexity index is 412. The van der Waals surface area contributed by atoms with Gasteiger partial charge in [0.25, 0.3) is 0 Å². The van der Waals surface area contributed by atoms with Crippen molar-refractivity contribution < 1.29 is 8.78 Å². The molecule has 0 aliphatic rings. The molecule has 1 rings (SSSR count). The molecule has 6 heteroatoms. The van der Waals surface area contributed by atoms with Gasteiger partial charge >= 0.3 is 0 Å². The number of rotatable bonds is 9. The molecule has 1 aromatic heterocycles. The Kier molecular flexibility index (Phi) is 7.84. The fraction of sp³-hybridized carbons (Fsp3) is 0.643. The van der Waals surface area contributed by atoms with Gasteiger partial charge in [0, 0.05) is 24.9 Å². The monoisotopic (exact) mass is 303 g/mol. The number of halogens is 2. The van der Waals surface area contributed by atoms with Crippen LogP contribution in [0.25, 0.3) is 0 Å². The Hall–Kier alpha value is -0.880. The van der Waals surface area contributed by atoms with Crippen LogP contribution < -0.4 is 5.32 Å². The van der Waals surface area contributed by atoms with Crippen LogP contribution in [0.2, 0.25) is 0 Å². The molecule has 0 saturated heterocycles. The molecular weight excluding hydrogens is 280 g/mol. The van der Waals surface area contributed by atoms with E-state index < -0.39 is 11.6 Å². The Morgan fingerprint density at radius 2 is 1.90 bits per heavy atom. The quantitative estimate of drug-likeness (QED) is 0.705. The fourth-order valence-corrected chi connectivity index (χ4v) is 2.63. The molecular formula is C14H23F2N3S. The van der Waals surface area contributed by atoms with E-state index in [9.17, 15) is 8.78 Å². The van der Waals surface area contributed by atoms with Gasteiger partial charge in [0.1, 0.15) is 5.03 Å². The third kappa shape index (κ3) is 5.25. The maximum atomic E-state index is 13.7. The summed E-state index contributed by atoms with van der Waals surface area (Å²) in [6.07, 6.45) is 0.864. The molecule has 0 saturated carbocycles. The SMILES string of the molecule is CCCNc1nc(SCCN(CC)CC)c(F)cc1F. The minimum atomic E-state index is -0.635. The Morgan fingerprint density at radius 3 is 2.50 bits per heavy atom. The first kappa shape index (κ1) is 17.2. The van der Waals surface area contributed by atoms with Gasteiger partial charge in [-0.05, 0) is 19.5 Å². The summed E-state index contributed by atoms with van der Waals surface area (Å²) in [5.41, 5.74) is 0. The van der Waals surface area contributed by atoms with E-state index in [4.69, 9.17) is 0 Å². The summed E-state index contributed by atoms with van der Waals surface area (Å²) in [4.78, 5) is 6.30. The fourth-order valence-electron chi connectivity index (χ4n) is 1.73. The maximum absolute atomic E-state index is 13.7. The van der Waals surface area contributed by atoms with Gasteiger partial charge in [-0.3, -0.25) is 0 Å². The predicted octanol–water partition coefficient (Wildman–Crippen LogP) is 3.62. The zero-order valence-corrected chi connectivity index (χ0v) is 13.2. The third-order valence-corrected chi connectivity index (χ3v) is 3.93. The number of anilines is 1. The number of thioether (sulfide) groups is 1. The number of hydrogen-bond acceptors (Lipinski definition) is 4. The molecule has 1 aromatic rings. The zero-order valence-electron chi connectivity index (χ0n) is 12.4. The molecule has 0 amide bonds. The van der Waals surface area contributed by atoms with Crippen molar-refractivity contribution in [1.82, 2.24) is 9.88 Å². The average Bonchev–Trinajstić information content (AvgIpc) is 2.44. The number of nitrogens with zero attached hydrogens (tertiary/aromatic N) is 2. The van der Waals surface area contributed by atoms with Gasteiger partial charge in [0.2, 0.25) is 0 Å². The number of hydrogen-bond donors (Lipinski definition) is 1. The molecule has 0 aromatic carbocycles. The molecule has 0 radical (unpaired) electrons. The van der Waals surface area contributed by atoms with Crippen LogP contribution in [0.4, 0.5) is 14.6 Å². The lowest BCUT2D eigenvalue weighted by molar-refractivity contribution is 0.324. The third-order valence-electron chi connectivity index (χ3n) is 2.98. The lowest BCUT2D eigenvalue weighted by Crippen LogP contribution is -2.25. The first-order valence-electron chi connectivity index (χ1n) is 7.07. The van der Waals surface area contributed by atoms with Gasteiger partial charge in [-0.1, -0.05) is 20.8 Å². The van der Waals surface area contributed by atoms with E-state index >= 15 is 0 Å². The second kappa shape index (κ2) is 9.13. The van der Waals surface area contributed by atoms with Crippen LogP contribution in [0, 0.1) is 11.6 Å². The van der Waals surface area contributed by atoms with Gasteiger partial charge < -0.3 is 10.2 Å². The molecule has 0 unspecified atom stereocenters. The molecule has 0 spiro atoms. The molecule has 114 valence electrons. The van der Waals surface area contributed by atoms with Crippen molar-refractivity contribution in [3.05, 3.63) is 17.7 Å². The van der Waals surface area contributed by atoms with Crippen LogP contribution in [0.15, 0.2) is 11.1 Å². The van der Waals surface area contributed by atoms with Crippen molar-refractivity contribution in [2.75, 3.05) is 37.2 Å². The highest BCUT2D eigenvalue weighted by Crippen LogP contribution is 2.23. The highest BCUT2D eigenvalue weighted by molar-refractivity contribution is 7.99. The summed E-state index contributed by atoms with van der Waals surface area (Å²) in [5.74, 6) is -0.346. The summed E-state index contributed by atoms with van der Waals surface area (Å²) < 4.78 is 27.2. The summed E-state index contributed by atoms with van der Waals surface area (Å²) in [6, 6.07) is 0.907. The Morgan fingerprint density at radius 1 is 1.20 bits per heavy atom. The van der Waals surface area contributed by atoms with Gasteiger partial charge in [-0.25, -0.2) is 13.8 Å². The molecule has 0 aliphatic carbocycles. The normalized spacial score (nSPS) is 11.1. The minimum Gasteiger partial charge on any atom is -0.368 e. The molecule has 1 N–H and O–H groups in total. The molecule has 0 fully saturated rings. The van der Waals surface area contributed by atoms with Crippen LogP contribution in [-0.4, -0.2) is 41.8 Å². The van der Waals surface area contributed by atoms with Crippen molar-refractivity contribution >= 4 is 17.6 Å². The van der Waals surface area contributed by atoms with Gasteiger partial charge in [-0.2, -0.15) is 0 Å².